The van der Waals surface area contributed by atoms with Crippen molar-refractivity contribution < 1.29 is 14.3 Å². The van der Waals surface area contributed by atoms with Crippen LogP contribution in [0.1, 0.15) is 37.8 Å². The van der Waals surface area contributed by atoms with Gasteiger partial charge in [-0.3, -0.25) is 9.69 Å². The van der Waals surface area contributed by atoms with Crippen molar-refractivity contribution in [1.29, 1.82) is 0 Å². The van der Waals surface area contributed by atoms with Crippen molar-refractivity contribution in [3.63, 3.8) is 0 Å². The Morgan fingerprint density at radius 2 is 2.00 bits per heavy atom. The summed E-state index contributed by atoms with van der Waals surface area (Å²) in [6.45, 7) is 8.66. The summed E-state index contributed by atoms with van der Waals surface area (Å²) in [7, 11) is 0. The van der Waals surface area contributed by atoms with Crippen LogP contribution in [0.2, 0.25) is 0 Å². The summed E-state index contributed by atoms with van der Waals surface area (Å²) in [4.78, 5) is 14.7. The number of rotatable bonds is 8. The highest BCUT2D eigenvalue weighted by molar-refractivity contribution is 5.77. The minimum atomic E-state index is -0.0486. The van der Waals surface area contributed by atoms with Gasteiger partial charge in [-0.25, -0.2) is 0 Å². The van der Waals surface area contributed by atoms with Crippen LogP contribution >= 0.6 is 0 Å². The number of ether oxygens (including phenoxy) is 2. The number of amides is 1. The smallest absolute Gasteiger partial charge is 0.257 e. The lowest BCUT2D eigenvalue weighted by Gasteiger charge is -2.35. The second kappa shape index (κ2) is 9.38. The number of hydrogen-bond acceptors (Lipinski definition) is 4. The van der Waals surface area contributed by atoms with Crippen LogP contribution in [0.3, 0.4) is 0 Å². The third-order valence-corrected chi connectivity index (χ3v) is 5.28. The number of morpholine rings is 1. The monoisotopic (exact) mass is 360 g/mol. The van der Waals surface area contributed by atoms with Gasteiger partial charge in [0.1, 0.15) is 5.75 Å². The van der Waals surface area contributed by atoms with Crippen LogP contribution in [-0.2, 0) is 22.4 Å². The zero-order valence-electron chi connectivity index (χ0n) is 16.1. The maximum absolute atomic E-state index is 12.2. The summed E-state index contributed by atoms with van der Waals surface area (Å²) >= 11 is 0. The average Bonchev–Trinajstić information content (AvgIpc) is 3.11. The van der Waals surface area contributed by atoms with E-state index in [1.807, 2.05) is 6.07 Å². The number of aryl methyl sites for hydroxylation is 2. The molecule has 5 heteroatoms. The van der Waals surface area contributed by atoms with Crippen LogP contribution in [0.5, 0.6) is 5.75 Å². The van der Waals surface area contributed by atoms with E-state index in [1.165, 1.54) is 17.5 Å². The van der Waals surface area contributed by atoms with Crippen molar-refractivity contribution in [1.82, 2.24) is 10.2 Å². The normalized spacial score (nSPS) is 18.6. The maximum atomic E-state index is 12.2. The van der Waals surface area contributed by atoms with Crippen LogP contribution in [0.25, 0.3) is 0 Å². The van der Waals surface area contributed by atoms with E-state index in [1.54, 1.807) is 0 Å². The summed E-state index contributed by atoms with van der Waals surface area (Å²) < 4.78 is 11.2. The Balaban J connectivity index is 1.45. The molecule has 0 radical (unpaired) electrons. The molecular formula is C21H32N2O3. The van der Waals surface area contributed by atoms with Crippen molar-refractivity contribution in [3.8, 4) is 5.75 Å². The molecule has 0 aromatic heterocycles. The van der Waals surface area contributed by atoms with Gasteiger partial charge < -0.3 is 14.8 Å². The summed E-state index contributed by atoms with van der Waals surface area (Å²) in [5.41, 5.74) is 2.79. The molecule has 1 N–H and O–H groups in total. The average molecular weight is 360 g/mol. The van der Waals surface area contributed by atoms with E-state index in [0.29, 0.717) is 18.5 Å². The first kappa shape index (κ1) is 19.2. The maximum Gasteiger partial charge on any atom is 0.257 e. The third-order valence-electron chi connectivity index (χ3n) is 5.28. The minimum Gasteiger partial charge on any atom is -0.484 e. The molecule has 0 bridgehead atoms. The molecule has 0 spiro atoms. The minimum absolute atomic E-state index is 0.0486. The molecule has 1 amide bonds. The van der Waals surface area contributed by atoms with Crippen LogP contribution in [0.15, 0.2) is 18.2 Å². The largest absolute Gasteiger partial charge is 0.484 e. The second-order valence-corrected chi connectivity index (χ2v) is 7.81. The van der Waals surface area contributed by atoms with Crippen LogP contribution in [-0.4, -0.2) is 56.3 Å². The van der Waals surface area contributed by atoms with Crippen LogP contribution in [0, 0.1) is 5.92 Å². The van der Waals surface area contributed by atoms with Gasteiger partial charge in [-0.05, 0) is 54.9 Å². The van der Waals surface area contributed by atoms with Crippen LogP contribution in [0.4, 0.5) is 0 Å². The van der Waals surface area contributed by atoms with Gasteiger partial charge in [0.2, 0.25) is 0 Å². The van der Waals surface area contributed by atoms with Crippen molar-refractivity contribution >= 4 is 5.91 Å². The molecule has 1 unspecified atom stereocenters. The predicted octanol–water partition coefficient (Wildman–Crippen LogP) is 2.42. The molecule has 26 heavy (non-hydrogen) atoms. The Labute approximate surface area is 157 Å². The highest BCUT2D eigenvalue weighted by Gasteiger charge is 2.22. The molecule has 1 aliphatic carbocycles. The molecule has 1 aromatic carbocycles. The number of carbonyl (C=O) groups is 1. The summed E-state index contributed by atoms with van der Waals surface area (Å²) in [6.07, 6.45) is 4.58. The Morgan fingerprint density at radius 1 is 1.23 bits per heavy atom. The van der Waals surface area contributed by atoms with Gasteiger partial charge in [-0.15, -0.1) is 0 Å². The summed E-state index contributed by atoms with van der Waals surface area (Å²) in [5, 5.41) is 3.06. The van der Waals surface area contributed by atoms with E-state index in [-0.39, 0.29) is 12.5 Å². The quantitative estimate of drug-likeness (QED) is 0.774. The number of benzene rings is 1. The number of fused-ring (bicyclic) bond motifs is 1. The van der Waals surface area contributed by atoms with Gasteiger partial charge in [0, 0.05) is 25.7 Å². The highest BCUT2D eigenvalue weighted by atomic mass is 16.5. The number of hydrogen-bond donors (Lipinski definition) is 1. The lowest BCUT2D eigenvalue weighted by Crippen LogP contribution is -2.49. The summed E-state index contributed by atoms with van der Waals surface area (Å²) in [6, 6.07) is 6.56. The Kier molecular flexibility index (Phi) is 6.92. The van der Waals surface area contributed by atoms with E-state index in [4.69, 9.17) is 9.47 Å². The number of nitrogens with zero attached hydrogens (tertiary/aromatic N) is 1. The SMILES string of the molecule is CC(C)CC(CNC(=O)COc1ccc2c(c1)CCC2)N1CCOCC1. The van der Waals surface area contributed by atoms with Crippen molar-refractivity contribution in [2.24, 2.45) is 5.92 Å². The second-order valence-electron chi connectivity index (χ2n) is 7.81. The van der Waals surface area contributed by atoms with Gasteiger partial charge in [0.05, 0.1) is 13.2 Å². The molecule has 0 saturated carbocycles. The van der Waals surface area contributed by atoms with E-state index in [2.05, 4.69) is 36.2 Å². The molecule has 3 rings (SSSR count). The van der Waals surface area contributed by atoms with E-state index in [0.717, 1.165) is 51.3 Å². The first-order chi connectivity index (χ1) is 12.6. The fraction of sp³-hybridized carbons (Fsp3) is 0.667. The molecule has 1 atom stereocenters. The molecule has 1 fully saturated rings. The number of nitrogens with one attached hydrogen (secondary N) is 1. The fourth-order valence-corrected chi connectivity index (χ4v) is 3.92. The Hall–Kier alpha value is -1.59. The topological polar surface area (TPSA) is 50.8 Å². The molecule has 144 valence electrons. The highest BCUT2D eigenvalue weighted by Crippen LogP contribution is 2.25. The van der Waals surface area contributed by atoms with Gasteiger partial charge in [-0.1, -0.05) is 19.9 Å². The van der Waals surface area contributed by atoms with Gasteiger partial charge in [0.15, 0.2) is 6.61 Å². The Bertz CT molecular complexity index is 597. The first-order valence-corrected chi connectivity index (χ1v) is 9.95. The zero-order valence-corrected chi connectivity index (χ0v) is 16.1. The van der Waals surface area contributed by atoms with Crippen molar-refractivity contribution in [2.75, 3.05) is 39.5 Å². The molecule has 1 aromatic rings. The van der Waals surface area contributed by atoms with Gasteiger partial charge in [0.25, 0.3) is 5.91 Å². The summed E-state index contributed by atoms with van der Waals surface area (Å²) in [5.74, 6) is 1.35. The predicted molar refractivity (Wildman–Crippen MR) is 103 cm³/mol. The molecular weight excluding hydrogens is 328 g/mol. The molecule has 1 heterocycles. The molecule has 1 aliphatic heterocycles. The lowest BCUT2D eigenvalue weighted by molar-refractivity contribution is -0.123. The van der Waals surface area contributed by atoms with E-state index in [9.17, 15) is 4.79 Å². The lowest BCUT2D eigenvalue weighted by atomic mass is 10.0. The Morgan fingerprint density at radius 3 is 2.77 bits per heavy atom. The fourth-order valence-electron chi connectivity index (χ4n) is 3.92. The third kappa shape index (κ3) is 5.45. The number of carbonyl (C=O) groups excluding carboxylic acids is 1. The van der Waals surface area contributed by atoms with E-state index >= 15 is 0 Å². The molecule has 2 aliphatic rings. The molecule has 1 saturated heterocycles. The van der Waals surface area contributed by atoms with Crippen molar-refractivity contribution in [3.05, 3.63) is 29.3 Å². The van der Waals surface area contributed by atoms with Gasteiger partial charge in [-0.2, -0.15) is 0 Å². The van der Waals surface area contributed by atoms with Crippen molar-refractivity contribution in [2.45, 2.75) is 45.6 Å². The van der Waals surface area contributed by atoms with Crippen LogP contribution < -0.4 is 10.1 Å². The van der Waals surface area contributed by atoms with Gasteiger partial charge >= 0.3 is 0 Å². The van der Waals surface area contributed by atoms with E-state index < -0.39 is 0 Å². The first-order valence-electron chi connectivity index (χ1n) is 9.95. The standard InChI is InChI=1S/C21H32N2O3/c1-16(2)12-19(23-8-10-25-11-9-23)14-22-21(24)15-26-20-7-6-17-4-3-5-18(17)13-20/h6-7,13,16,19H,3-5,8-12,14-15H2,1-2H3,(H,22,24). The zero-order chi connectivity index (χ0) is 18.4. The molecule has 5 nitrogen and oxygen atoms in total.